The average Bonchev–Trinajstić information content (AvgIpc) is 2.78. The molecule has 0 radical (unpaired) electrons. The maximum atomic E-state index is 11.9. The van der Waals surface area contributed by atoms with Gasteiger partial charge in [-0.25, -0.2) is 4.79 Å². The molecule has 0 unspecified atom stereocenters. The third-order valence-electron chi connectivity index (χ3n) is 2.71. The van der Waals surface area contributed by atoms with Crippen LogP contribution in [0.25, 0.3) is 10.9 Å². The average molecular weight is 249 g/mol. The van der Waals surface area contributed by atoms with Gasteiger partial charge in [0, 0.05) is 6.07 Å². The van der Waals surface area contributed by atoms with E-state index in [2.05, 4.69) is 0 Å². The van der Waals surface area contributed by atoms with Crippen molar-refractivity contribution >= 4 is 16.9 Å². The Labute approximate surface area is 99.4 Å². The minimum atomic E-state index is -1.40. The van der Waals surface area contributed by atoms with Crippen molar-refractivity contribution in [2.75, 3.05) is 6.79 Å². The van der Waals surface area contributed by atoms with Gasteiger partial charge in [-0.05, 0) is 6.07 Å². The van der Waals surface area contributed by atoms with Crippen LogP contribution >= 0.6 is 0 Å². The van der Waals surface area contributed by atoms with Crippen molar-refractivity contribution < 1.29 is 24.6 Å². The molecule has 1 aliphatic rings. The monoisotopic (exact) mass is 249 g/mol. The summed E-state index contributed by atoms with van der Waals surface area (Å²) >= 11 is 0. The van der Waals surface area contributed by atoms with Crippen molar-refractivity contribution in [2.24, 2.45) is 0 Å². The number of aromatic nitrogens is 1. The highest BCUT2D eigenvalue weighted by atomic mass is 16.7. The van der Waals surface area contributed by atoms with Gasteiger partial charge in [-0.3, -0.25) is 4.79 Å². The molecule has 0 saturated carbocycles. The minimum Gasteiger partial charge on any atom is -0.477 e. The Bertz CT molecular complexity index is 732. The van der Waals surface area contributed by atoms with E-state index in [4.69, 9.17) is 14.6 Å². The van der Waals surface area contributed by atoms with E-state index < -0.39 is 17.0 Å². The van der Waals surface area contributed by atoms with Gasteiger partial charge in [-0.1, -0.05) is 0 Å². The Kier molecular flexibility index (Phi) is 1.97. The smallest absolute Gasteiger partial charge is 0.341 e. The number of hydrogen-bond acceptors (Lipinski definition) is 5. The lowest BCUT2D eigenvalue weighted by Gasteiger charge is -2.06. The van der Waals surface area contributed by atoms with Gasteiger partial charge in [0.15, 0.2) is 11.5 Å². The van der Waals surface area contributed by atoms with Gasteiger partial charge in [0.1, 0.15) is 5.56 Å². The second-order valence-electron chi connectivity index (χ2n) is 3.74. The Hall–Kier alpha value is -2.70. The first kappa shape index (κ1) is 10.5. The molecule has 1 aliphatic heterocycles. The Morgan fingerprint density at radius 3 is 2.61 bits per heavy atom. The summed E-state index contributed by atoms with van der Waals surface area (Å²) in [7, 11) is 0. The van der Waals surface area contributed by atoms with Crippen LogP contribution in [-0.2, 0) is 0 Å². The maximum absolute atomic E-state index is 11.9. The largest absolute Gasteiger partial charge is 0.477 e. The predicted octanol–water partition coefficient (Wildman–Crippen LogP) is 0.666. The molecular formula is C11H7NO6. The molecule has 0 fully saturated rings. The minimum absolute atomic E-state index is 0.0249. The number of carbonyl (C=O) groups is 1. The highest BCUT2D eigenvalue weighted by Crippen LogP contribution is 2.34. The number of ether oxygens (including phenoxy) is 2. The summed E-state index contributed by atoms with van der Waals surface area (Å²) in [5.74, 6) is -0.655. The molecule has 0 aliphatic carbocycles. The SMILES string of the molecule is O=C(O)c1cn(O)c2cc3c(cc2c1=O)OCO3. The number of carboxylic acids is 1. The summed E-state index contributed by atoms with van der Waals surface area (Å²) in [5.41, 5.74) is -1.03. The topological polar surface area (TPSA) is 98.0 Å². The molecule has 2 heterocycles. The lowest BCUT2D eigenvalue weighted by Crippen LogP contribution is -2.18. The van der Waals surface area contributed by atoms with Crippen LogP contribution in [0.1, 0.15) is 10.4 Å². The lowest BCUT2D eigenvalue weighted by atomic mass is 10.1. The van der Waals surface area contributed by atoms with Crippen LogP contribution in [0.5, 0.6) is 11.5 Å². The fraction of sp³-hybridized carbons (Fsp3) is 0.0909. The second kappa shape index (κ2) is 3.39. The summed E-state index contributed by atoms with van der Waals surface area (Å²) < 4.78 is 10.8. The predicted molar refractivity (Wildman–Crippen MR) is 58.5 cm³/mol. The van der Waals surface area contributed by atoms with Gasteiger partial charge in [0.25, 0.3) is 0 Å². The first-order valence-corrected chi connectivity index (χ1v) is 4.99. The van der Waals surface area contributed by atoms with Crippen molar-refractivity contribution in [3.05, 3.63) is 34.1 Å². The Balaban J connectivity index is 2.43. The van der Waals surface area contributed by atoms with E-state index in [0.29, 0.717) is 16.2 Å². The number of benzene rings is 1. The van der Waals surface area contributed by atoms with Gasteiger partial charge in [0.2, 0.25) is 12.2 Å². The van der Waals surface area contributed by atoms with Crippen molar-refractivity contribution in [3.8, 4) is 11.5 Å². The molecule has 18 heavy (non-hydrogen) atoms. The third kappa shape index (κ3) is 1.30. The highest BCUT2D eigenvalue weighted by Gasteiger charge is 2.20. The molecule has 7 nitrogen and oxygen atoms in total. The molecule has 0 spiro atoms. The number of pyridine rings is 1. The van der Waals surface area contributed by atoms with Gasteiger partial charge in [-0.15, -0.1) is 0 Å². The van der Waals surface area contributed by atoms with Crippen LogP contribution < -0.4 is 14.9 Å². The molecule has 92 valence electrons. The van der Waals surface area contributed by atoms with Crippen LogP contribution in [0.4, 0.5) is 0 Å². The van der Waals surface area contributed by atoms with E-state index in [9.17, 15) is 14.8 Å². The van der Waals surface area contributed by atoms with Crippen molar-refractivity contribution in [1.29, 1.82) is 0 Å². The van der Waals surface area contributed by atoms with Crippen LogP contribution in [0.15, 0.2) is 23.1 Å². The van der Waals surface area contributed by atoms with Crippen LogP contribution in [0.3, 0.4) is 0 Å². The van der Waals surface area contributed by atoms with E-state index >= 15 is 0 Å². The van der Waals surface area contributed by atoms with E-state index in [0.717, 1.165) is 6.20 Å². The fourth-order valence-corrected chi connectivity index (χ4v) is 1.85. The number of rotatable bonds is 1. The quantitative estimate of drug-likeness (QED) is 0.720. The zero-order valence-electron chi connectivity index (χ0n) is 8.91. The van der Waals surface area contributed by atoms with Crippen molar-refractivity contribution in [1.82, 2.24) is 4.73 Å². The van der Waals surface area contributed by atoms with Crippen LogP contribution in [-0.4, -0.2) is 27.8 Å². The number of aromatic carboxylic acids is 1. The first-order chi connectivity index (χ1) is 8.58. The molecule has 0 amide bonds. The molecule has 3 rings (SSSR count). The standard InChI is InChI=1S/C11H7NO6/c13-10-5-1-8-9(18-4-17-8)2-7(5)12(16)3-6(10)11(14)15/h1-3,16H,4H2,(H,14,15). The fourth-order valence-electron chi connectivity index (χ4n) is 1.85. The molecule has 2 aromatic rings. The third-order valence-corrected chi connectivity index (χ3v) is 2.71. The van der Waals surface area contributed by atoms with E-state index in [1.807, 2.05) is 0 Å². The molecule has 2 N–H and O–H groups in total. The van der Waals surface area contributed by atoms with Gasteiger partial charge < -0.3 is 19.8 Å². The zero-order chi connectivity index (χ0) is 12.9. The Morgan fingerprint density at radius 1 is 1.28 bits per heavy atom. The molecular weight excluding hydrogens is 242 g/mol. The summed E-state index contributed by atoms with van der Waals surface area (Å²) in [5, 5.41) is 18.6. The number of carboxylic acid groups (broad SMARTS) is 1. The van der Waals surface area contributed by atoms with Crippen LogP contribution in [0, 0.1) is 0 Å². The summed E-state index contributed by atoms with van der Waals surface area (Å²) in [6, 6.07) is 2.78. The zero-order valence-corrected chi connectivity index (χ0v) is 8.91. The number of fused-ring (bicyclic) bond motifs is 2. The Morgan fingerprint density at radius 2 is 1.94 bits per heavy atom. The summed E-state index contributed by atoms with van der Waals surface area (Å²) in [4.78, 5) is 22.8. The summed E-state index contributed by atoms with van der Waals surface area (Å²) in [6.07, 6.45) is 0.856. The van der Waals surface area contributed by atoms with E-state index in [1.54, 1.807) is 0 Å². The molecule has 7 heteroatoms. The molecule has 0 atom stereocenters. The van der Waals surface area contributed by atoms with Crippen molar-refractivity contribution in [2.45, 2.75) is 0 Å². The maximum Gasteiger partial charge on any atom is 0.341 e. The van der Waals surface area contributed by atoms with E-state index in [-0.39, 0.29) is 17.7 Å². The second-order valence-corrected chi connectivity index (χ2v) is 3.74. The summed E-state index contributed by atoms with van der Waals surface area (Å²) in [6.45, 7) is 0.0249. The van der Waals surface area contributed by atoms with Gasteiger partial charge >= 0.3 is 5.97 Å². The molecule has 1 aromatic carbocycles. The molecule has 1 aromatic heterocycles. The first-order valence-electron chi connectivity index (χ1n) is 4.99. The lowest BCUT2D eigenvalue weighted by molar-refractivity contribution is 0.0691. The molecule has 0 saturated heterocycles. The van der Waals surface area contributed by atoms with E-state index in [1.165, 1.54) is 12.1 Å². The number of nitrogens with zero attached hydrogens (tertiary/aromatic N) is 1. The van der Waals surface area contributed by atoms with Crippen molar-refractivity contribution in [3.63, 3.8) is 0 Å². The highest BCUT2D eigenvalue weighted by molar-refractivity contribution is 5.93. The normalized spacial score (nSPS) is 12.9. The number of hydrogen-bond donors (Lipinski definition) is 2. The molecule has 0 bridgehead atoms. The van der Waals surface area contributed by atoms with Gasteiger partial charge in [-0.2, -0.15) is 4.73 Å². The van der Waals surface area contributed by atoms with Crippen LogP contribution in [0.2, 0.25) is 0 Å². The van der Waals surface area contributed by atoms with Gasteiger partial charge in [0.05, 0.1) is 17.1 Å².